The summed E-state index contributed by atoms with van der Waals surface area (Å²) < 4.78 is 1.56. The number of hydrogen-bond donors (Lipinski definition) is 3. The van der Waals surface area contributed by atoms with Crippen LogP contribution in [-0.4, -0.2) is 22.9 Å². The fraction of sp³-hybridized carbons (Fsp3) is 0.400. The van der Waals surface area contributed by atoms with Gasteiger partial charge in [-0.25, -0.2) is 0 Å². The van der Waals surface area contributed by atoms with Crippen LogP contribution in [0.1, 0.15) is 12.5 Å². The van der Waals surface area contributed by atoms with Gasteiger partial charge in [-0.05, 0) is 35.0 Å². The lowest BCUT2D eigenvalue weighted by molar-refractivity contribution is 0.250. The number of rotatable bonds is 4. The van der Waals surface area contributed by atoms with Gasteiger partial charge in [0.2, 0.25) is 0 Å². The molecule has 0 aliphatic heterocycles. The van der Waals surface area contributed by atoms with Crippen LogP contribution >= 0.6 is 31.9 Å². The van der Waals surface area contributed by atoms with E-state index in [2.05, 4.69) is 37.2 Å². The van der Waals surface area contributed by atoms with Gasteiger partial charge in [0.05, 0.1) is 11.1 Å². The second-order valence-electron chi connectivity index (χ2n) is 3.36. The number of benzene rings is 1. The molecule has 0 radical (unpaired) electrons. The molecule has 0 bridgehead atoms. The van der Waals surface area contributed by atoms with Crippen LogP contribution in [0.5, 0.6) is 5.75 Å². The molecule has 0 unspecified atom stereocenters. The highest BCUT2D eigenvalue weighted by Crippen LogP contribution is 2.31. The van der Waals surface area contributed by atoms with Crippen molar-refractivity contribution in [3.8, 4) is 5.75 Å². The Balaban J connectivity index is 2.76. The topological polar surface area (TPSA) is 52.5 Å². The van der Waals surface area contributed by atoms with E-state index in [9.17, 15) is 5.11 Å². The molecule has 0 fully saturated rings. The Morgan fingerprint density at radius 3 is 2.67 bits per heavy atom. The molecule has 3 nitrogen and oxygen atoms in total. The summed E-state index contributed by atoms with van der Waals surface area (Å²) in [5.74, 6) is 0.232. The summed E-state index contributed by atoms with van der Waals surface area (Å²) in [6.07, 6.45) is 0. The van der Waals surface area contributed by atoms with Gasteiger partial charge in [0.1, 0.15) is 5.75 Å². The maximum absolute atomic E-state index is 9.74. The Morgan fingerprint density at radius 2 is 2.07 bits per heavy atom. The summed E-state index contributed by atoms with van der Waals surface area (Å²) in [5.41, 5.74) is 0.788. The molecule has 5 heteroatoms. The van der Waals surface area contributed by atoms with Gasteiger partial charge in [-0.15, -0.1) is 0 Å². The van der Waals surface area contributed by atoms with Crippen molar-refractivity contribution in [1.82, 2.24) is 5.32 Å². The zero-order valence-electron chi connectivity index (χ0n) is 8.30. The van der Waals surface area contributed by atoms with Crippen molar-refractivity contribution in [2.24, 2.45) is 0 Å². The molecule has 3 N–H and O–H groups in total. The fourth-order valence-corrected chi connectivity index (χ4v) is 2.42. The monoisotopic (exact) mass is 337 g/mol. The summed E-state index contributed by atoms with van der Waals surface area (Å²) in [4.78, 5) is 0. The highest BCUT2D eigenvalue weighted by Gasteiger charge is 2.08. The Morgan fingerprint density at radius 1 is 1.40 bits per heavy atom. The number of phenols is 1. The summed E-state index contributed by atoms with van der Waals surface area (Å²) in [6.45, 7) is 2.48. The predicted octanol–water partition coefficient (Wildman–Crippen LogP) is 2.39. The molecule has 1 rings (SSSR count). The molecule has 84 valence electrons. The second kappa shape index (κ2) is 5.84. The number of hydrogen-bond acceptors (Lipinski definition) is 3. The van der Waals surface area contributed by atoms with Crippen molar-refractivity contribution >= 4 is 31.9 Å². The van der Waals surface area contributed by atoms with Crippen LogP contribution < -0.4 is 5.32 Å². The number of aliphatic hydroxyl groups is 1. The highest BCUT2D eigenvalue weighted by molar-refractivity contribution is 9.11. The van der Waals surface area contributed by atoms with Gasteiger partial charge in [0.15, 0.2) is 0 Å². The van der Waals surface area contributed by atoms with Crippen molar-refractivity contribution in [1.29, 1.82) is 0 Å². The molecule has 1 aromatic carbocycles. The van der Waals surface area contributed by atoms with Crippen molar-refractivity contribution in [3.63, 3.8) is 0 Å². The van der Waals surface area contributed by atoms with Crippen LogP contribution in [0.2, 0.25) is 0 Å². The second-order valence-corrected chi connectivity index (χ2v) is 5.13. The molecular formula is C10H13Br2NO2. The van der Waals surface area contributed by atoms with E-state index in [1.165, 1.54) is 0 Å². The van der Waals surface area contributed by atoms with E-state index in [0.717, 1.165) is 10.0 Å². The highest BCUT2D eigenvalue weighted by atomic mass is 79.9. The molecular weight excluding hydrogens is 326 g/mol. The van der Waals surface area contributed by atoms with E-state index < -0.39 is 0 Å². The van der Waals surface area contributed by atoms with Crippen LogP contribution in [0.3, 0.4) is 0 Å². The third-order valence-corrected chi connectivity index (χ3v) is 3.08. The van der Waals surface area contributed by atoms with E-state index in [4.69, 9.17) is 5.11 Å². The Bertz CT molecular complexity index is 344. The maximum atomic E-state index is 9.74. The Kier molecular flexibility index (Phi) is 5.05. The predicted molar refractivity (Wildman–Crippen MR) is 66.9 cm³/mol. The van der Waals surface area contributed by atoms with Crippen molar-refractivity contribution < 1.29 is 10.2 Å². The summed E-state index contributed by atoms with van der Waals surface area (Å²) >= 11 is 6.62. The molecule has 0 saturated heterocycles. The number of aliphatic hydroxyl groups excluding tert-OH is 1. The van der Waals surface area contributed by atoms with Crippen LogP contribution in [0.25, 0.3) is 0 Å². The lowest BCUT2D eigenvalue weighted by Gasteiger charge is -2.12. The Hall–Kier alpha value is -0.100. The molecule has 0 aliphatic rings. The summed E-state index contributed by atoms with van der Waals surface area (Å²) in [5, 5.41) is 21.7. The average Bonchev–Trinajstić information content (AvgIpc) is 2.20. The Labute approximate surface area is 106 Å². The first kappa shape index (κ1) is 13.0. The normalized spacial score (nSPS) is 12.8. The number of phenolic OH excluding ortho intramolecular Hbond substituents is 1. The largest absolute Gasteiger partial charge is 0.506 e. The standard InChI is InChI=1S/C10H13Br2NO2/c1-6(5-14)13-4-7-2-8(11)3-9(12)10(7)15/h2-3,6,13-15H,4-5H2,1H3/t6-/m0/s1. The van der Waals surface area contributed by atoms with Crippen molar-refractivity contribution in [3.05, 3.63) is 26.6 Å². The van der Waals surface area contributed by atoms with Crippen molar-refractivity contribution in [2.75, 3.05) is 6.61 Å². The zero-order chi connectivity index (χ0) is 11.4. The smallest absolute Gasteiger partial charge is 0.134 e. The zero-order valence-corrected chi connectivity index (χ0v) is 11.5. The molecule has 0 heterocycles. The van der Waals surface area contributed by atoms with Crippen LogP contribution in [-0.2, 0) is 6.54 Å². The molecule has 0 spiro atoms. The lowest BCUT2D eigenvalue weighted by atomic mass is 10.2. The van der Waals surface area contributed by atoms with Crippen LogP contribution in [0.4, 0.5) is 0 Å². The van der Waals surface area contributed by atoms with Gasteiger partial charge in [-0.3, -0.25) is 0 Å². The van der Waals surface area contributed by atoms with Gasteiger partial charge >= 0.3 is 0 Å². The minimum Gasteiger partial charge on any atom is -0.506 e. The molecule has 1 atom stereocenters. The number of nitrogens with one attached hydrogen (secondary N) is 1. The van der Waals surface area contributed by atoms with Gasteiger partial charge in [-0.1, -0.05) is 15.9 Å². The van der Waals surface area contributed by atoms with E-state index in [1.54, 1.807) is 6.07 Å². The summed E-state index contributed by atoms with van der Waals surface area (Å²) in [7, 11) is 0. The number of aromatic hydroxyl groups is 1. The molecule has 0 aliphatic carbocycles. The minimum atomic E-state index is 0.0159. The van der Waals surface area contributed by atoms with Crippen LogP contribution in [0, 0.1) is 0 Å². The molecule has 0 amide bonds. The van der Waals surface area contributed by atoms with Gasteiger partial charge in [0.25, 0.3) is 0 Å². The molecule has 0 aromatic heterocycles. The first-order chi connectivity index (χ1) is 7.04. The molecule has 1 aromatic rings. The average molecular weight is 339 g/mol. The van der Waals surface area contributed by atoms with E-state index in [-0.39, 0.29) is 18.4 Å². The molecule has 0 saturated carbocycles. The first-order valence-corrected chi connectivity index (χ1v) is 6.14. The van der Waals surface area contributed by atoms with Gasteiger partial charge in [0, 0.05) is 22.6 Å². The SMILES string of the molecule is C[C@@H](CO)NCc1cc(Br)cc(Br)c1O. The van der Waals surface area contributed by atoms with Gasteiger partial charge < -0.3 is 15.5 Å². The van der Waals surface area contributed by atoms with Crippen molar-refractivity contribution in [2.45, 2.75) is 19.5 Å². The fourth-order valence-electron chi connectivity index (χ4n) is 1.10. The third kappa shape index (κ3) is 3.75. The summed E-state index contributed by atoms with van der Waals surface area (Å²) in [6, 6.07) is 3.65. The van der Waals surface area contributed by atoms with E-state index in [1.807, 2.05) is 13.0 Å². The van der Waals surface area contributed by atoms with Crippen LogP contribution in [0.15, 0.2) is 21.1 Å². The van der Waals surface area contributed by atoms with Gasteiger partial charge in [-0.2, -0.15) is 0 Å². The van der Waals surface area contributed by atoms with E-state index in [0.29, 0.717) is 11.0 Å². The minimum absolute atomic E-state index is 0.0159. The lowest BCUT2D eigenvalue weighted by Crippen LogP contribution is -2.28. The maximum Gasteiger partial charge on any atom is 0.134 e. The van der Waals surface area contributed by atoms with E-state index >= 15 is 0 Å². The first-order valence-electron chi connectivity index (χ1n) is 4.55. The number of halogens is 2. The quantitative estimate of drug-likeness (QED) is 0.790. The third-order valence-electron chi connectivity index (χ3n) is 2.02. The molecule has 15 heavy (non-hydrogen) atoms.